The molecule has 0 aliphatic carbocycles. The molecule has 0 radical (unpaired) electrons. The molecule has 2 rings (SSSR count). The van der Waals surface area contributed by atoms with Gasteiger partial charge in [0.25, 0.3) is 0 Å². The lowest BCUT2D eigenvalue weighted by molar-refractivity contribution is -0.137. The molecule has 0 unspecified atom stereocenters. The summed E-state index contributed by atoms with van der Waals surface area (Å²) in [5.74, 6) is 1.09. The lowest BCUT2D eigenvalue weighted by atomic mass is 10.1. The third-order valence-corrected chi connectivity index (χ3v) is 2.53. The van der Waals surface area contributed by atoms with Gasteiger partial charge in [0.2, 0.25) is 0 Å². The molecule has 1 heterocycles. The van der Waals surface area contributed by atoms with Crippen LogP contribution in [0.25, 0.3) is 11.3 Å². The maximum Gasteiger partial charge on any atom is 0.416 e. The van der Waals surface area contributed by atoms with Crippen molar-refractivity contribution in [1.82, 2.24) is 0 Å². The third-order valence-electron chi connectivity index (χ3n) is 2.53. The molecule has 0 spiro atoms. The molecule has 18 heavy (non-hydrogen) atoms. The molecular weight excluding hydrogens is 243 g/mol. The van der Waals surface area contributed by atoms with E-state index in [0.29, 0.717) is 30.0 Å². The van der Waals surface area contributed by atoms with Crippen LogP contribution >= 0.6 is 0 Å². The van der Waals surface area contributed by atoms with Gasteiger partial charge in [-0.15, -0.1) is 0 Å². The number of halogens is 3. The molecule has 5 heteroatoms. The van der Waals surface area contributed by atoms with Gasteiger partial charge in [-0.3, -0.25) is 0 Å². The molecule has 96 valence electrons. The van der Waals surface area contributed by atoms with E-state index in [0.717, 1.165) is 12.1 Å². The summed E-state index contributed by atoms with van der Waals surface area (Å²) in [5, 5.41) is 0. The molecule has 2 aromatic rings. The lowest BCUT2D eigenvalue weighted by Gasteiger charge is -2.07. The Labute approximate surface area is 102 Å². The van der Waals surface area contributed by atoms with Crippen LogP contribution in [0.4, 0.5) is 13.2 Å². The molecule has 0 aliphatic rings. The summed E-state index contributed by atoms with van der Waals surface area (Å²) in [6, 6.07) is 8.44. The molecule has 1 aromatic carbocycles. The number of hydrogen-bond donors (Lipinski definition) is 1. The van der Waals surface area contributed by atoms with E-state index in [1.54, 1.807) is 18.2 Å². The second kappa shape index (κ2) is 4.86. The van der Waals surface area contributed by atoms with Gasteiger partial charge >= 0.3 is 6.18 Å². The first kappa shape index (κ1) is 12.7. The van der Waals surface area contributed by atoms with Crippen molar-refractivity contribution in [3.8, 4) is 11.3 Å². The highest BCUT2D eigenvalue weighted by atomic mass is 19.4. The van der Waals surface area contributed by atoms with Crippen molar-refractivity contribution < 1.29 is 17.6 Å². The average Bonchev–Trinajstić information content (AvgIpc) is 2.77. The van der Waals surface area contributed by atoms with Crippen molar-refractivity contribution in [2.45, 2.75) is 12.6 Å². The summed E-state index contributed by atoms with van der Waals surface area (Å²) in [7, 11) is 0. The van der Waals surface area contributed by atoms with Gasteiger partial charge < -0.3 is 10.2 Å². The van der Waals surface area contributed by atoms with Gasteiger partial charge in [-0.2, -0.15) is 13.2 Å². The fraction of sp³-hybridized carbons (Fsp3) is 0.231. The maximum absolute atomic E-state index is 12.6. The minimum atomic E-state index is -4.34. The van der Waals surface area contributed by atoms with Crippen LogP contribution in [0.2, 0.25) is 0 Å². The molecule has 0 fully saturated rings. The van der Waals surface area contributed by atoms with E-state index >= 15 is 0 Å². The van der Waals surface area contributed by atoms with E-state index in [1.165, 1.54) is 6.07 Å². The normalized spacial score (nSPS) is 11.8. The SMILES string of the molecule is NCCc1ccc(-c2cccc(C(F)(F)F)c2)o1. The topological polar surface area (TPSA) is 39.2 Å². The van der Waals surface area contributed by atoms with Crippen LogP contribution in [0.15, 0.2) is 40.8 Å². The van der Waals surface area contributed by atoms with E-state index in [9.17, 15) is 13.2 Å². The Hall–Kier alpha value is -1.75. The van der Waals surface area contributed by atoms with Crippen molar-refractivity contribution >= 4 is 0 Å². The Kier molecular flexibility index (Phi) is 3.43. The standard InChI is InChI=1S/C13H12F3NO/c14-13(15,16)10-3-1-2-9(8-10)12-5-4-11(18-12)6-7-17/h1-5,8H,6-7,17H2. The highest BCUT2D eigenvalue weighted by Crippen LogP contribution is 2.32. The van der Waals surface area contributed by atoms with E-state index in [4.69, 9.17) is 10.2 Å². The van der Waals surface area contributed by atoms with Crippen LogP contribution in [0, 0.1) is 0 Å². The van der Waals surface area contributed by atoms with E-state index in [2.05, 4.69) is 0 Å². The highest BCUT2D eigenvalue weighted by Gasteiger charge is 2.30. The predicted octanol–water partition coefficient (Wildman–Crippen LogP) is 3.47. The van der Waals surface area contributed by atoms with Gasteiger partial charge in [-0.05, 0) is 30.8 Å². The zero-order valence-electron chi connectivity index (χ0n) is 9.50. The molecule has 0 amide bonds. The van der Waals surface area contributed by atoms with Crippen LogP contribution in [0.3, 0.4) is 0 Å². The molecule has 0 saturated carbocycles. The Morgan fingerprint density at radius 2 is 1.89 bits per heavy atom. The zero-order valence-corrected chi connectivity index (χ0v) is 9.50. The van der Waals surface area contributed by atoms with Gasteiger partial charge in [0.1, 0.15) is 11.5 Å². The largest absolute Gasteiger partial charge is 0.461 e. The summed E-state index contributed by atoms with van der Waals surface area (Å²) in [4.78, 5) is 0. The van der Waals surface area contributed by atoms with Crippen LogP contribution in [0.5, 0.6) is 0 Å². The van der Waals surface area contributed by atoms with Crippen molar-refractivity contribution in [3.63, 3.8) is 0 Å². The van der Waals surface area contributed by atoms with Crippen LogP contribution in [0.1, 0.15) is 11.3 Å². The molecule has 0 saturated heterocycles. The Balaban J connectivity index is 2.32. The van der Waals surface area contributed by atoms with Crippen molar-refractivity contribution in [2.75, 3.05) is 6.54 Å². The third kappa shape index (κ3) is 2.73. The van der Waals surface area contributed by atoms with Gasteiger partial charge in [0.05, 0.1) is 5.56 Å². The van der Waals surface area contributed by atoms with Gasteiger partial charge in [0.15, 0.2) is 0 Å². The number of furan rings is 1. The minimum Gasteiger partial charge on any atom is -0.461 e. The smallest absolute Gasteiger partial charge is 0.416 e. The van der Waals surface area contributed by atoms with Gasteiger partial charge in [-0.25, -0.2) is 0 Å². The average molecular weight is 255 g/mol. The number of nitrogens with two attached hydrogens (primary N) is 1. The molecule has 1 aromatic heterocycles. The summed E-state index contributed by atoms with van der Waals surface area (Å²) in [6.07, 6.45) is -3.78. The molecular formula is C13H12F3NO. The van der Waals surface area contributed by atoms with E-state index in [-0.39, 0.29) is 0 Å². The van der Waals surface area contributed by atoms with E-state index in [1.807, 2.05) is 0 Å². The summed E-state index contributed by atoms with van der Waals surface area (Å²) >= 11 is 0. The lowest BCUT2D eigenvalue weighted by Crippen LogP contribution is -2.04. The second-order valence-corrected chi connectivity index (χ2v) is 3.88. The molecule has 0 bridgehead atoms. The monoisotopic (exact) mass is 255 g/mol. The molecule has 0 atom stereocenters. The number of benzene rings is 1. The molecule has 2 nitrogen and oxygen atoms in total. The first-order chi connectivity index (χ1) is 8.50. The maximum atomic E-state index is 12.6. The van der Waals surface area contributed by atoms with Crippen molar-refractivity contribution in [1.29, 1.82) is 0 Å². The number of hydrogen-bond acceptors (Lipinski definition) is 2. The molecule has 0 aliphatic heterocycles. The quantitative estimate of drug-likeness (QED) is 0.912. The Morgan fingerprint density at radius 3 is 2.56 bits per heavy atom. The Bertz CT molecular complexity index is 531. The summed E-state index contributed by atoms with van der Waals surface area (Å²) in [6.45, 7) is 0.440. The van der Waals surface area contributed by atoms with Crippen LogP contribution in [-0.2, 0) is 12.6 Å². The first-order valence-corrected chi connectivity index (χ1v) is 5.47. The van der Waals surface area contributed by atoms with Crippen molar-refractivity contribution in [2.24, 2.45) is 5.73 Å². The number of rotatable bonds is 3. The van der Waals surface area contributed by atoms with Crippen LogP contribution in [-0.4, -0.2) is 6.54 Å². The van der Waals surface area contributed by atoms with Crippen LogP contribution < -0.4 is 5.73 Å². The summed E-state index contributed by atoms with van der Waals surface area (Å²) in [5.41, 5.74) is 5.11. The van der Waals surface area contributed by atoms with Gasteiger partial charge in [0, 0.05) is 12.0 Å². The van der Waals surface area contributed by atoms with Crippen molar-refractivity contribution in [3.05, 3.63) is 47.7 Å². The highest BCUT2D eigenvalue weighted by molar-refractivity contribution is 5.58. The van der Waals surface area contributed by atoms with E-state index < -0.39 is 11.7 Å². The second-order valence-electron chi connectivity index (χ2n) is 3.88. The molecule has 2 N–H and O–H groups in total. The number of alkyl halides is 3. The summed E-state index contributed by atoms with van der Waals surface area (Å²) < 4.78 is 43.1. The first-order valence-electron chi connectivity index (χ1n) is 5.47. The fourth-order valence-electron chi connectivity index (χ4n) is 1.66. The fourth-order valence-corrected chi connectivity index (χ4v) is 1.66. The Morgan fingerprint density at radius 1 is 1.11 bits per heavy atom. The zero-order chi connectivity index (χ0) is 13.2. The predicted molar refractivity (Wildman–Crippen MR) is 61.9 cm³/mol. The minimum absolute atomic E-state index is 0.410. The van der Waals surface area contributed by atoms with Gasteiger partial charge in [-0.1, -0.05) is 12.1 Å².